The number of aromatic nitrogens is 1. The van der Waals surface area contributed by atoms with Crippen molar-refractivity contribution in [1.29, 1.82) is 0 Å². The molecule has 0 spiro atoms. The third-order valence-electron chi connectivity index (χ3n) is 3.37. The van der Waals surface area contributed by atoms with Gasteiger partial charge in [-0.25, -0.2) is 4.98 Å². The van der Waals surface area contributed by atoms with Gasteiger partial charge in [0.15, 0.2) is 23.3 Å². The number of hydrogen-bond donors (Lipinski definition) is 3. The Kier molecular flexibility index (Phi) is 5.82. The molecule has 9 nitrogen and oxygen atoms in total. The first kappa shape index (κ1) is 20.0. The van der Waals surface area contributed by atoms with Crippen molar-refractivity contribution in [2.75, 3.05) is 7.05 Å². The van der Waals surface area contributed by atoms with E-state index in [0.29, 0.717) is 16.6 Å². The van der Waals surface area contributed by atoms with E-state index in [1.54, 1.807) is 36.7 Å². The Morgan fingerprint density at radius 1 is 1.21 bits per heavy atom. The van der Waals surface area contributed by atoms with Crippen molar-refractivity contribution in [3.05, 3.63) is 52.0 Å². The smallest absolute Gasteiger partial charge is 0.284 e. The number of nitrogens with two attached hydrogens (primary N) is 2. The van der Waals surface area contributed by atoms with Crippen molar-refractivity contribution < 1.29 is 12.8 Å². The molecule has 3 rings (SSSR count). The van der Waals surface area contributed by atoms with Crippen LogP contribution in [0.3, 0.4) is 0 Å². The Hall–Kier alpha value is -2.70. The van der Waals surface area contributed by atoms with Gasteiger partial charge in [-0.3, -0.25) is 0 Å². The van der Waals surface area contributed by atoms with Gasteiger partial charge in [0.2, 0.25) is 5.13 Å². The van der Waals surface area contributed by atoms with Gasteiger partial charge in [-0.1, -0.05) is 15.9 Å². The van der Waals surface area contributed by atoms with Gasteiger partial charge < -0.3 is 21.2 Å². The van der Waals surface area contributed by atoms with Gasteiger partial charge in [-0.15, -0.1) is 15.7 Å². The van der Waals surface area contributed by atoms with Crippen LogP contribution in [-0.4, -0.2) is 32.2 Å². The molecule has 0 saturated heterocycles. The second kappa shape index (κ2) is 8.12. The largest absolute Gasteiger partial charge is 0.451 e. The Morgan fingerprint density at radius 2 is 1.93 bits per heavy atom. The summed E-state index contributed by atoms with van der Waals surface area (Å²) in [5.74, 6) is 0.638. The third-order valence-corrected chi connectivity index (χ3v) is 5.92. The number of hydrogen-bond acceptors (Lipinski definition) is 6. The zero-order chi connectivity index (χ0) is 20.3. The van der Waals surface area contributed by atoms with Crippen molar-refractivity contribution in [3.63, 3.8) is 0 Å². The first-order valence-corrected chi connectivity index (χ1v) is 10.8. The maximum atomic E-state index is 12.5. The Balaban J connectivity index is 1.91. The SMILES string of the molecule is CNC(=NS(=O)(=O)c1ccc(Br)cc1)c1ccc(-c2csc(N=C(N)N)n2)o1. The molecule has 0 amide bonds. The van der Waals surface area contributed by atoms with Gasteiger partial charge >= 0.3 is 0 Å². The number of halogens is 1. The summed E-state index contributed by atoms with van der Waals surface area (Å²) in [4.78, 5) is 8.18. The second-order valence-electron chi connectivity index (χ2n) is 5.33. The Labute approximate surface area is 173 Å². The summed E-state index contributed by atoms with van der Waals surface area (Å²) in [6.45, 7) is 0. The number of amidine groups is 1. The molecule has 2 aromatic heterocycles. The molecule has 0 atom stereocenters. The molecule has 0 aliphatic heterocycles. The number of thiazole rings is 1. The van der Waals surface area contributed by atoms with Crippen LogP contribution >= 0.6 is 27.3 Å². The molecule has 3 aromatic rings. The number of rotatable bonds is 5. The molecule has 12 heteroatoms. The maximum Gasteiger partial charge on any atom is 0.284 e. The molecule has 0 bridgehead atoms. The lowest BCUT2D eigenvalue weighted by Crippen LogP contribution is -2.21. The van der Waals surface area contributed by atoms with E-state index >= 15 is 0 Å². The van der Waals surface area contributed by atoms with Gasteiger partial charge in [-0.05, 0) is 36.4 Å². The van der Waals surface area contributed by atoms with Crippen molar-refractivity contribution >= 4 is 54.2 Å². The van der Waals surface area contributed by atoms with Crippen LogP contribution in [0.2, 0.25) is 0 Å². The average molecular weight is 483 g/mol. The minimum atomic E-state index is -3.92. The van der Waals surface area contributed by atoms with Crippen LogP contribution in [0.15, 0.2) is 65.0 Å². The highest BCUT2D eigenvalue weighted by Crippen LogP contribution is 2.28. The van der Waals surface area contributed by atoms with Gasteiger partial charge in [0.05, 0.1) is 4.90 Å². The molecule has 0 unspecified atom stereocenters. The van der Waals surface area contributed by atoms with Crippen molar-refractivity contribution in [1.82, 2.24) is 10.3 Å². The summed E-state index contributed by atoms with van der Waals surface area (Å²) in [6, 6.07) is 9.43. The average Bonchev–Trinajstić information content (AvgIpc) is 3.29. The Bertz CT molecular complexity index is 1150. The van der Waals surface area contributed by atoms with Crippen LogP contribution in [0.1, 0.15) is 5.76 Å². The first-order chi connectivity index (χ1) is 13.3. The van der Waals surface area contributed by atoms with E-state index < -0.39 is 10.0 Å². The first-order valence-electron chi connectivity index (χ1n) is 7.72. The topological polar surface area (TPSA) is 149 Å². The van der Waals surface area contributed by atoms with Crippen molar-refractivity contribution in [2.24, 2.45) is 20.9 Å². The van der Waals surface area contributed by atoms with Crippen LogP contribution in [0.25, 0.3) is 11.5 Å². The van der Waals surface area contributed by atoms with Crippen LogP contribution < -0.4 is 16.8 Å². The van der Waals surface area contributed by atoms with Crippen LogP contribution in [0, 0.1) is 0 Å². The van der Waals surface area contributed by atoms with E-state index in [4.69, 9.17) is 15.9 Å². The zero-order valence-corrected chi connectivity index (χ0v) is 17.7. The third kappa shape index (κ3) is 4.58. The summed E-state index contributed by atoms with van der Waals surface area (Å²) >= 11 is 4.51. The molecule has 146 valence electrons. The van der Waals surface area contributed by atoms with Crippen LogP contribution in [-0.2, 0) is 10.0 Å². The summed E-state index contributed by atoms with van der Waals surface area (Å²) in [5.41, 5.74) is 11.2. The highest BCUT2D eigenvalue weighted by Gasteiger charge is 2.18. The summed E-state index contributed by atoms with van der Waals surface area (Å²) in [5, 5.41) is 4.85. The number of nitrogens with one attached hydrogen (secondary N) is 1. The van der Waals surface area contributed by atoms with Crippen LogP contribution in [0.4, 0.5) is 5.13 Å². The lowest BCUT2D eigenvalue weighted by atomic mass is 10.3. The lowest BCUT2D eigenvalue weighted by molar-refractivity contribution is 0.566. The minimum absolute atomic E-state index is 0.0637. The monoisotopic (exact) mass is 482 g/mol. The van der Waals surface area contributed by atoms with Crippen molar-refractivity contribution in [2.45, 2.75) is 4.90 Å². The lowest BCUT2D eigenvalue weighted by Gasteiger charge is -2.04. The second-order valence-corrected chi connectivity index (χ2v) is 8.69. The van der Waals surface area contributed by atoms with E-state index in [-0.39, 0.29) is 22.5 Å². The standard InChI is InChI=1S/C16H15BrN6O3S2/c1-20-14(23-28(24,25)10-4-2-9(17)3-5-10)13-7-6-12(26-13)11-8-27-16(21-11)22-15(18)19/h2-8H,1H3,(H,20,23)(H4,18,19,21,22). The predicted octanol–water partition coefficient (Wildman–Crippen LogP) is 2.43. The van der Waals surface area contributed by atoms with Gasteiger partial charge in [0, 0.05) is 16.9 Å². The molecule has 0 aliphatic rings. The summed E-state index contributed by atoms with van der Waals surface area (Å²) in [7, 11) is -2.36. The molecular formula is C16H15BrN6O3S2. The highest BCUT2D eigenvalue weighted by atomic mass is 79.9. The molecular weight excluding hydrogens is 468 g/mol. The fourth-order valence-electron chi connectivity index (χ4n) is 2.14. The van der Waals surface area contributed by atoms with E-state index in [2.05, 4.69) is 35.6 Å². The molecule has 28 heavy (non-hydrogen) atoms. The number of furan rings is 1. The quantitative estimate of drug-likeness (QED) is 0.373. The molecule has 0 radical (unpaired) electrons. The van der Waals surface area contributed by atoms with E-state index in [1.165, 1.54) is 23.5 Å². The normalized spacial score (nSPS) is 12.0. The van der Waals surface area contributed by atoms with Gasteiger partial charge in [0.1, 0.15) is 5.69 Å². The molecule has 2 heterocycles. The fraction of sp³-hybridized carbons (Fsp3) is 0.0625. The molecule has 5 N–H and O–H groups in total. The van der Waals surface area contributed by atoms with E-state index in [9.17, 15) is 8.42 Å². The maximum absolute atomic E-state index is 12.5. The summed E-state index contributed by atoms with van der Waals surface area (Å²) in [6.07, 6.45) is 0. The van der Waals surface area contributed by atoms with Gasteiger partial charge in [-0.2, -0.15) is 13.4 Å². The number of benzene rings is 1. The fourth-order valence-corrected chi connectivity index (χ4v) is 4.10. The Morgan fingerprint density at radius 3 is 2.57 bits per heavy atom. The number of nitrogens with zero attached hydrogens (tertiary/aromatic N) is 3. The van der Waals surface area contributed by atoms with Crippen molar-refractivity contribution in [3.8, 4) is 11.5 Å². The zero-order valence-electron chi connectivity index (χ0n) is 14.5. The minimum Gasteiger partial charge on any atom is -0.451 e. The molecule has 0 saturated carbocycles. The van der Waals surface area contributed by atoms with Gasteiger partial charge in [0.25, 0.3) is 10.0 Å². The summed E-state index contributed by atoms with van der Waals surface area (Å²) < 4.78 is 35.4. The number of guanidine groups is 1. The number of sulfonamides is 1. The number of aliphatic imine (C=N–C) groups is 1. The predicted molar refractivity (Wildman–Crippen MR) is 112 cm³/mol. The molecule has 0 aliphatic carbocycles. The van der Waals surface area contributed by atoms with Crippen LogP contribution in [0.5, 0.6) is 0 Å². The van der Waals surface area contributed by atoms with E-state index in [0.717, 1.165) is 4.47 Å². The molecule has 1 aromatic carbocycles. The highest BCUT2D eigenvalue weighted by molar-refractivity contribution is 9.10. The van der Waals surface area contributed by atoms with E-state index in [1.807, 2.05) is 0 Å². The molecule has 0 fully saturated rings.